The van der Waals surface area contributed by atoms with Crippen LogP contribution in [-0.2, 0) is 4.79 Å². The van der Waals surface area contributed by atoms with Crippen molar-refractivity contribution in [2.75, 3.05) is 13.1 Å². The van der Waals surface area contributed by atoms with Crippen LogP contribution < -0.4 is 16.4 Å². The first kappa shape index (κ1) is 12.4. The zero-order valence-electron chi connectivity index (χ0n) is 8.98. The quantitative estimate of drug-likeness (QED) is 0.524. The molecule has 4 N–H and O–H groups in total. The first-order valence-electron chi connectivity index (χ1n) is 4.60. The molecule has 78 valence electrons. The topological polar surface area (TPSA) is 67.2 Å². The lowest BCUT2D eigenvalue weighted by atomic mass is 10.1. The molecule has 0 aromatic heterocycles. The first-order valence-corrected chi connectivity index (χ1v) is 4.60. The van der Waals surface area contributed by atoms with Crippen molar-refractivity contribution in [1.29, 1.82) is 0 Å². The third-order valence-electron chi connectivity index (χ3n) is 1.66. The Morgan fingerprint density at radius 2 is 1.92 bits per heavy atom. The second kappa shape index (κ2) is 5.19. The Morgan fingerprint density at radius 3 is 2.31 bits per heavy atom. The fourth-order valence-corrected chi connectivity index (χ4v) is 0.827. The van der Waals surface area contributed by atoms with Gasteiger partial charge >= 0.3 is 0 Å². The maximum atomic E-state index is 10.6. The normalized spacial score (nSPS) is 14.2. The Hall–Kier alpha value is -0.610. The van der Waals surface area contributed by atoms with E-state index >= 15 is 0 Å². The maximum Gasteiger partial charge on any atom is 0.234 e. The summed E-state index contributed by atoms with van der Waals surface area (Å²) in [6, 6.07) is -0.248. The van der Waals surface area contributed by atoms with Crippen LogP contribution in [-0.4, -0.2) is 30.6 Å². The monoisotopic (exact) mass is 187 g/mol. The SMILES string of the molecule is CC(NCCNC(C)(C)C)C(N)=O. The molecule has 0 radical (unpaired) electrons. The van der Waals surface area contributed by atoms with E-state index in [-0.39, 0.29) is 17.5 Å². The van der Waals surface area contributed by atoms with Gasteiger partial charge in [0.25, 0.3) is 0 Å². The Bertz CT molecular complexity index is 163. The van der Waals surface area contributed by atoms with Gasteiger partial charge in [0.1, 0.15) is 0 Å². The number of nitrogens with one attached hydrogen (secondary N) is 2. The second-order valence-electron chi connectivity index (χ2n) is 4.25. The summed E-state index contributed by atoms with van der Waals surface area (Å²) in [6.07, 6.45) is 0. The third-order valence-corrected chi connectivity index (χ3v) is 1.66. The van der Waals surface area contributed by atoms with E-state index in [1.807, 2.05) is 0 Å². The van der Waals surface area contributed by atoms with Gasteiger partial charge in [-0.15, -0.1) is 0 Å². The lowest BCUT2D eigenvalue weighted by Crippen LogP contribution is -2.45. The number of hydrogen-bond donors (Lipinski definition) is 3. The summed E-state index contributed by atoms with van der Waals surface area (Å²) in [5.41, 5.74) is 5.20. The van der Waals surface area contributed by atoms with Crippen LogP contribution in [0, 0.1) is 0 Å². The van der Waals surface area contributed by atoms with Crippen LogP contribution in [0.5, 0.6) is 0 Å². The minimum atomic E-state index is -0.309. The van der Waals surface area contributed by atoms with Crippen LogP contribution in [0.25, 0.3) is 0 Å². The lowest BCUT2D eigenvalue weighted by Gasteiger charge is -2.21. The van der Waals surface area contributed by atoms with E-state index in [1.165, 1.54) is 0 Å². The lowest BCUT2D eigenvalue weighted by molar-refractivity contribution is -0.119. The molecule has 0 aliphatic carbocycles. The van der Waals surface area contributed by atoms with Crippen LogP contribution in [0.1, 0.15) is 27.7 Å². The van der Waals surface area contributed by atoms with Crippen molar-refractivity contribution in [3.63, 3.8) is 0 Å². The summed E-state index contributed by atoms with van der Waals surface area (Å²) in [6.45, 7) is 9.65. The molecule has 0 saturated carbocycles. The van der Waals surface area contributed by atoms with Crippen LogP contribution in [0.15, 0.2) is 0 Å². The molecule has 1 amide bonds. The molecule has 0 heterocycles. The molecule has 0 aliphatic heterocycles. The van der Waals surface area contributed by atoms with Gasteiger partial charge in [0.05, 0.1) is 6.04 Å². The summed E-state index contributed by atoms with van der Waals surface area (Å²) in [7, 11) is 0. The molecule has 4 nitrogen and oxygen atoms in total. The summed E-state index contributed by atoms with van der Waals surface area (Å²) in [5.74, 6) is -0.309. The second-order valence-corrected chi connectivity index (χ2v) is 4.25. The van der Waals surface area contributed by atoms with Crippen LogP contribution >= 0.6 is 0 Å². The van der Waals surface area contributed by atoms with Gasteiger partial charge in [-0.05, 0) is 27.7 Å². The van der Waals surface area contributed by atoms with Gasteiger partial charge in [-0.1, -0.05) is 0 Å². The van der Waals surface area contributed by atoms with Crippen LogP contribution in [0.4, 0.5) is 0 Å². The minimum Gasteiger partial charge on any atom is -0.368 e. The number of nitrogens with two attached hydrogens (primary N) is 1. The Labute approximate surface area is 80.3 Å². The molecule has 1 unspecified atom stereocenters. The molecule has 0 bridgehead atoms. The fourth-order valence-electron chi connectivity index (χ4n) is 0.827. The average molecular weight is 187 g/mol. The van der Waals surface area contributed by atoms with Gasteiger partial charge in [0.15, 0.2) is 0 Å². The standard InChI is InChI=1S/C9H21N3O/c1-7(8(10)13)11-5-6-12-9(2,3)4/h7,11-12H,5-6H2,1-4H3,(H2,10,13). The molecule has 0 fully saturated rings. The predicted octanol–water partition coefficient (Wildman–Crippen LogP) is -0.162. The van der Waals surface area contributed by atoms with Gasteiger partial charge in [-0.25, -0.2) is 0 Å². The molecule has 0 saturated heterocycles. The Kier molecular flexibility index (Phi) is 4.95. The predicted molar refractivity (Wildman–Crippen MR) is 54.4 cm³/mol. The number of primary amides is 1. The van der Waals surface area contributed by atoms with Crippen LogP contribution in [0.3, 0.4) is 0 Å². The number of amides is 1. The van der Waals surface area contributed by atoms with Crippen molar-refractivity contribution in [3.8, 4) is 0 Å². The van der Waals surface area contributed by atoms with Crippen molar-refractivity contribution in [3.05, 3.63) is 0 Å². The van der Waals surface area contributed by atoms with E-state index in [0.29, 0.717) is 0 Å². The van der Waals surface area contributed by atoms with Gasteiger partial charge < -0.3 is 16.4 Å². The molecule has 1 atom stereocenters. The zero-order chi connectivity index (χ0) is 10.5. The number of rotatable bonds is 5. The van der Waals surface area contributed by atoms with Crippen LogP contribution in [0.2, 0.25) is 0 Å². The van der Waals surface area contributed by atoms with Crippen molar-refractivity contribution >= 4 is 5.91 Å². The summed E-state index contributed by atoms with van der Waals surface area (Å²) in [4.78, 5) is 10.6. The van der Waals surface area contributed by atoms with Gasteiger partial charge in [0, 0.05) is 18.6 Å². The highest BCUT2D eigenvalue weighted by molar-refractivity contribution is 5.79. The Balaban J connectivity index is 3.41. The van der Waals surface area contributed by atoms with E-state index < -0.39 is 0 Å². The molecular weight excluding hydrogens is 166 g/mol. The maximum absolute atomic E-state index is 10.6. The third kappa shape index (κ3) is 7.74. The zero-order valence-corrected chi connectivity index (χ0v) is 8.98. The average Bonchev–Trinajstić information content (AvgIpc) is 1.95. The molecule has 0 aromatic rings. The molecule has 4 heteroatoms. The number of carbonyl (C=O) groups excluding carboxylic acids is 1. The van der Waals surface area contributed by atoms with Crippen molar-refractivity contribution in [2.45, 2.75) is 39.3 Å². The highest BCUT2D eigenvalue weighted by Crippen LogP contribution is 1.96. The molecule has 13 heavy (non-hydrogen) atoms. The number of hydrogen-bond acceptors (Lipinski definition) is 3. The molecule has 0 spiro atoms. The number of carbonyl (C=O) groups is 1. The van der Waals surface area contributed by atoms with E-state index in [2.05, 4.69) is 31.4 Å². The Morgan fingerprint density at radius 1 is 1.38 bits per heavy atom. The summed E-state index contributed by atoms with van der Waals surface area (Å²) >= 11 is 0. The van der Waals surface area contributed by atoms with E-state index in [1.54, 1.807) is 6.92 Å². The van der Waals surface area contributed by atoms with Crippen molar-refractivity contribution in [2.24, 2.45) is 5.73 Å². The summed E-state index contributed by atoms with van der Waals surface area (Å²) in [5, 5.41) is 6.32. The summed E-state index contributed by atoms with van der Waals surface area (Å²) < 4.78 is 0. The van der Waals surface area contributed by atoms with Crippen molar-refractivity contribution < 1.29 is 4.79 Å². The minimum absolute atomic E-state index is 0.123. The molecular formula is C9H21N3O. The largest absolute Gasteiger partial charge is 0.368 e. The van der Waals surface area contributed by atoms with E-state index in [4.69, 9.17) is 5.73 Å². The van der Waals surface area contributed by atoms with Gasteiger partial charge in [-0.3, -0.25) is 4.79 Å². The van der Waals surface area contributed by atoms with Gasteiger partial charge in [0.2, 0.25) is 5.91 Å². The smallest absolute Gasteiger partial charge is 0.234 e. The van der Waals surface area contributed by atoms with Gasteiger partial charge in [-0.2, -0.15) is 0 Å². The highest BCUT2D eigenvalue weighted by Gasteiger charge is 2.09. The van der Waals surface area contributed by atoms with E-state index in [0.717, 1.165) is 13.1 Å². The fraction of sp³-hybridized carbons (Fsp3) is 0.889. The molecule has 0 aliphatic rings. The molecule has 0 rings (SSSR count). The molecule has 0 aromatic carbocycles. The van der Waals surface area contributed by atoms with Crippen molar-refractivity contribution in [1.82, 2.24) is 10.6 Å². The van der Waals surface area contributed by atoms with E-state index in [9.17, 15) is 4.79 Å². The first-order chi connectivity index (χ1) is 5.83. The highest BCUT2D eigenvalue weighted by atomic mass is 16.1.